The van der Waals surface area contributed by atoms with Crippen molar-refractivity contribution < 1.29 is 9.59 Å². The fraction of sp³-hybridized carbons (Fsp3) is 0.526. The summed E-state index contributed by atoms with van der Waals surface area (Å²) in [5, 5.41) is 9.87. The van der Waals surface area contributed by atoms with Crippen molar-refractivity contribution in [3.8, 4) is 10.6 Å². The minimum absolute atomic E-state index is 0.115. The number of hydrogen-bond acceptors (Lipinski definition) is 4. The summed E-state index contributed by atoms with van der Waals surface area (Å²) in [6.45, 7) is 7.77. The minimum Gasteiger partial charge on any atom is -0.343 e. The topological polar surface area (TPSA) is 78.1 Å². The minimum atomic E-state index is -0.115. The van der Waals surface area contributed by atoms with Crippen LogP contribution >= 0.6 is 11.3 Å². The fourth-order valence-electron chi connectivity index (χ4n) is 2.76. The monoisotopic (exact) mass is 376 g/mol. The van der Waals surface area contributed by atoms with Crippen molar-refractivity contribution in [1.29, 1.82) is 0 Å². The van der Waals surface area contributed by atoms with Crippen molar-refractivity contribution in [1.82, 2.24) is 15.1 Å². The van der Waals surface area contributed by atoms with Gasteiger partial charge in [-0.15, -0.1) is 11.3 Å². The zero-order chi connectivity index (χ0) is 18.9. The van der Waals surface area contributed by atoms with E-state index in [1.54, 1.807) is 11.3 Å². The van der Waals surface area contributed by atoms with E-state index in [2.05, 4.69) is 42.4 Å². The number of thiophene rings is 1. The second-order valence-corrected chi connectivity index (χ2v) is 7.65. The number of hydrogen-bond donors (Lipinski definition) is 2. The van der Waals surface area contributed by atoms with E-state index in [0.717, 1.165) is 36.5 Å². The Kier molecular flexibility index (Phi) is 7.84. The van der Waals surface area contributed by atoms with Gasteiger partial charge in [-0.1, -0.05) is 13.8 Å². The summed E-state index contributed by atoms with van der Waals surface area (Å²) in [7, 11) is 0. The Morgan fingerprint density at radius 3 is 2.54 bits per heavy atom. The lowest BCUT2D eigenvalue weighted by atomic mass is 10.2. The molecule has 0 unspecified atom stereocenters. The summed E-state index contributed by atoms with van der Waals surface area (Å²) in [5.41, 5.74) is 0.892. The maximum absolute atomic E-state index is 12.2. The van der Waals surface area contributed by atoms with Crippen LogP contribution in [-0.4, -0.2) is 40.0 Å². The predicted octanol–water partition coefficient (Wildman–Crippen LogP) is 4.20. The summed E-state index contributed by atoms with van der Waals surface area (Å²) in [6.07, 6.45) is 3.19. The summed E-state index contributed by atoms with van der Waals surface area (Å²) in [4.78, 5) is 28.5. The van der Waals surface area contributed by atoms with E-state index in [-0.39, 0.29) is 11.8 Å². The van der Waals surface area contributed by atoms with Crippen LogP contribution in [0.4, 0.5) is 5.82 Å². The molecule has 26 heavy (non-hydrogen) atoms. The van der Waals surface area contributed by atoms with Crippen LogP contribution in [-0.2, 0) is 9.59 Å². The van der Waals surface area contributed by atoms with Gasteiger partial charge in [0.15, 0.2) is 5.82 Å². The zero-order valence-electron chi connectivity index (χ0n) is 15.8. The molecule has 2 N–H and O–H groups in total. The van der Waals surface area contributed by atoms with Gasteiger partial charge >= 0.3 is 0 Å². The molecule has 142 valence electrons. The molecule has 0 aliphatic carbocycles. The van der Waals surface area contributed by atoms with Crippen molar-refractivity contribution in [2.24, 2.45) is 0 Å². The Hall–Kier alpha value is -2.15. The Morgan fingerprint density at radius 2 is 1.92 bits per heavy atom. The average Bonchev–Trinajstić information content (AvgIpc) is 3.23. The van der Waals surface area contributed by atoms with E-state index in [0.29, 0.717) is 25.1 Å². The molecule has 0 bridgehead atoms. The lowest BCUT2D eigenvalue weighted by Gasteiger charge is -2.21. The van der Waals surface area contributed by atoms with Crippen molar-refractivity contribution in [2.75, 3.05) is 18.4 Å². The first-order valence-corrected chi connectivity index (χ1v) is 10.0. The highest BCUT2D eigenvalue weighted by molar-refractivity contribution is 7.15. The Morgan fingerprint density at radius 1 is 1.19 bits per heavy atom. The molecule has 2 aromatic rings. The van der Waals surface area contributed by atoms with Gasteiger partial charge in [0.05, 0.1) is 10.6 Å². The van der Waals surface area contributed by atoms with Crippen molar-refractivity contribution in [2.45, 2.75) is 52.9 Å². The van der Waals surface area contributed by atoms with Crippen molar-refractivity contribution in [3.63, 3.8) is 0 Å². The number of nitrogens with one attached hydrogen (secondary N) is 2. The smallest absolute Gasteiger partial charge is 0.225 e. The van der Waals surface area contributed by atoms with Crippen molar-refractivity contribution in [3.05, 3.63) is 23.1 Å². The Labute approximate surface area is 159 Å². The molecule has 2 aromatic heterocycles. The second-order valence-electron chi connectivity index (χ2n) is 6.36. The number of carbonyl (C=O) groups excluding carboxylic acids is 2. The highest BCUT2D eigenvalue weighted by Crippen LogP contribution is 2.27. The predicted molar refractivity (Wildman–Crippen MR) is 106 cm³/mol. The lowest BCUT2D eigenvalue weighted by Crippen LogP contribution is -2.32. The second kappa shape index (κ2) is 10.1. The number of anilines is 1. The van der Waals surface area contributed by atoms with Crippen LogP contribution in [0.15, 0.2) is 18.2 Å². The van der Waals surface area contributed by atoms with Gasteiger partial charge in [0.25, 0.3) is 0 Å². The number of nitrogens with zero attached hydrogens (tertiary/aromatic N) is 2. The molecule has 0 saturated carbocycles. The molecule has 0 spiro atoms. The third-order valence-corrected chi connectivity index (χ3v) is 5.02. The molecule has 0 aliphatic heterocycles. The maximum Gasteiger partial charge on any atom is 0.225 e. The van der Waals surface area contributed by atoms with Crippen LogP contribution < -0.4 is 5.32 Å². The molecule has 0 fully saturated rings. The van der Waals surface area contributed by atoms with Gasteiger partial charge in [0.1, 0.15) is 0 Å². The van der Waals surface area contributed by atoms with Gasteiger partial charge in [-0.3, -0.25) is 14.7 Å². The van der Waals surface area contributed by atoms with Crippen molar-refractivity contribution >= 4 is 29.0 Å². The quantitative estimate of drug-likeness (QED) is 0.652. The molecule has 0 saturated heterocycles. The first kappa shape index (κ1) is 20.2. The molecule has 0 aromatic carbocycles. The molecular weight excluding hydrogens is 348 g/mol. The summed E-state index contributed by atoms with van der Waals surface area (Å²) in [6, 6.07) is 5.91. The highest BCUT2D eigenvalue weighted by Gasteiger charge is 2.13. The normalized spacial score (nSPS) is 10.7. The molecule has 2 amide bonds. The van der Waals surface area contributed by atoms with Crippen LogP contribution in [0.25, 0.3) is 10.6 Å². The van der Waals surface area contributed by atoms with E-state index in [1.807, 2.05) is 17.0 Å². The lowest BCUT2D eigenvalue weighted by molar-refractivity contribution is -0.131. The number of rotatable bonds is 10. The number of H-pyrrole nitrogens is 1. The largest absolute Gasteiger partial charge is 0.343 e. The number of carbonyl (C=O) groups is 2. The molecule has 0 radical (unpaired) electrons. The SMILES string of the molecule is CCCN(CCC)C(=O)CCCC(=O)Nc1cc(-c2ccc(C)s2)[nH]n1. The maximum atomic E-state index is 12.2. The number of aromatic amines is 1. The molecule has 7 heteroatoms. The average molecular weight is 377 g/mol. The number of amides is 2. The summed E-state index contributed by atoms with van der Waals surface area (Å²) in [5.74, 6) is 0.535. The standard InChI is InChI=1S/C19H28N4O2S/c1-4-11-23(12-5-2)19(25)8-6-7-18(24)20-17-13-15(21-22-17)16-10-9-14(3)26-16/h9-10,13H,4-8,11-12H2,1-3H3,(H2,20,21,22,24). The van der Waals surface area contributed by atoms with Gasteiger partial charge in [0, 0.05) is 36.9 Å². The molecular formula is C19H28N4O2S. The first-order valence-electron chi connectivity index (χ1n) is 9.23. The van der Waals surface area contributed by atoms with Crippen LogP contribution in [0.2, 0.25) is 0 Å². The molecule has 2 heterocycles. The van der Waals surface area contributed by atoms with Gasteiger partial charge in [-0.2, -0.15) is 5.10 Å². The summed E-state index contributed by atoms with van der Waals surface area (Å²) >= 11 is 1.67. The zero-order valence-corrected chi connectivity index (χ0v) is 16.6. The third kappa shape index (κ3) is 5.98. The molecule has 2 rings (SSSR count). The van der Waals surface area contributed by atoms with E-state index in [4.69, 9.17) is 0 Å². The fourth-order valence-corrected chi connectivity index (χ4v) is 3.59. The third-order valence-electron chi connectivity index (χ3n) is 3.99. The van der Waals surface area contributed by atoms with Gasteiger partial charge in [-0.05, 0) is 38.3 Å². The van der Waals surface area contributed by atoms with Crippen LogP contribution in [0.1, 0.15) is 50.8 Å². The van der Waals surface area contributed by atoms with Crippen LogP contribution in [0, 0.1) is 6.92 Å². The first-order chi connectivity index (χ1) is 12.5. The van der Waals surface area contributed by atoms with E-state index in [9.17, 15) is 9.59 Å². The molecule has 0 atom stereocenters. The van der Waals surface area contributed by atoms with Gasteiger partial charge < -0.3 is 10.2 Å². The van der Waals surface area contributed by atoms with Crippen LogP contribution in [0.3, 0.4) is 0 Å². The van der Waals surface area contributed by atoms with E-state index in [1.165, 1.54) is 4.88 Å². The number of aryl methyl sites for hydroxylation is 1. The number of aromatic nitrogens is 2. The Balaban J connectivity index is 1.77. The Bertz CT molecular complexity index is 717. The highest BCUT2D eigenvalue weighted by atomic mass is 32.1. The van der Waals surface area contributed by atoms with Crippen LogP contribution in [0.5, 0.6) is 0 Å². The van der Waals surface area contributed by atoms with Gasteiger partial charge in [-0.25, -0.2) is 0 Å². The van der Waals surface area contributed by atoms with Gasteiger partial charge in [0.2, 0.25) is 11.8 Å². The van der Waals surface area contributed by atoms with E-state index < -0.39 is 0 Å². The van der Waals surface area contributed by atoms with E-state index >= 15 is 0 Å². The summed E-state index contributed by atoms with van der Waals surface area (Å²) < 4.78 is 0. The molecule has 6 nitrogen and oxygen atoms in total. The molecule has 0 aliphatic rings.